The van der Waals surface area contributed by atoms with Gasteiger partial charge in [0.25, 0.3) is 5.91 Å². The first-order valence-corrected chi connectivity index (χ1v) is 11.7. The van der Waals surface area contributed by atoms with Crippen LogP contribution in [0.3, 0.4) is 0 Å². The number of amides is 1. The quantitative estimate of drug-likeness (QED) is 0.666. The van der Waals surface area contributed by atoms with E-state index in [0.717, 1.165) is 61.0 Å². The molecular weight excluding hydrogens is 398 g/mol. The Labute approximate surface area is 189 Å². The van der Waals surface area contributed by atoms with Crippen LogP contribution in [0.15, 0.2) is 54.5 Å². The van der Waals surface area contributed by atoms with Crippen LogP contribution < -0.4 is 0 Å². The van der Waals surface area contributed by atoms with Gasteiger partial charge in [0.1, 0.15) is 0 Å². The Bertz CT molecular complexity index is 1140. The summed E-state index contributed by atoms with van der Waals surface area (Å²) in [5.41, 5.74) is 5.60. The number of piperidine rings is 1. The Morgan fingerprint density at radius 3 is 2.72 bits per heavy atom. The molecule has 0 spiro atoms. The molecule has 4 heterocycles. The molecule has 2 fully saturated rings. The van der Waals surface area contributed by atoms with Gasteiger partial charge in [0.05, 0.1) is 28.8 Å². The second-order valence-corrected chi connectivity index (χ2v) is 9.12. The standard InChI is InChI=1S/C26H31N5O/c1-4-24-25-15-22(28-31(25)16-18(2)27-24)7-10-26(32)30-17-21(6-5-19(30)3)20-11-13-29(14-12-20)23-8-9-23/h5-7,10,15-17,20,23H,3-4,8-9,11-14H2,1-2H3/b10-7+. The van der Waals surface area contributed by atoms with E-state index in [0.29, 0.717) is 11.6 Å². The molecule has 3 aliphatic rings. The Morgan fingerprint density at radius 1 is 1.22 bits per heavy atom. The average molecular weight is 430 g/mol. The fourth-order valence-electron chi connectivity index (χ4n) is 4.81. The fraction of sp³-hybridized carbons (Fsp3) is 0.423. The predicted octanol–water partition coefficient (Wildman–Crippen LogP) is 4.28. The molecule has 6 heteroatoms. The summed E-state index contributed by atoms with van der Waals surface area (Å²) in [6.45, 7) is 10.4. The highest BCUT2D eigenvalue weighted by Gasteiger charge is 2.33. The van der Waals surface area contributed by atoms with Gasteiger partial charge in [-0.15, -0.1) is 0 Å². The molecule has 5 rings (SSSR count). The summed E-state index contributed by atoms with van der Waals surface area (Å²) in [4.78, 5) is 21.9. The molecule has 2 aliphatic heterocycles. The van der Waals surface area contributed by atoms with Gasteiger partial charge in [-0.2, -0.15) is 5.10 Å². The van der Waals surface area contributed by atoms with Crippen molar-refractivity contribution in [3.8, 4) is 0 Å². The van der Waals surface area contributed by atoms with Crippen LogP contribution >= 0.6 is 0 Å². The largest absolute Gasteiger partial charge is 0.300 e. The molecule has 0 atom stereocenters. The minimum absolute atomic E-state index is 0.102. The van der Waals surface area contributed by atoms with Crippen LogP contribution in [0.5, 0.6) is 0 Å². The van der Waals surface area contributed by atoms with Gasteiger partial charge in [-0.05, 0) is 81.8 Å². The topological polar surface area (TPSA) is 53.7 Å². The van der Waals surface area contributed by atoms with Crippen LogP contribution in [-0.2, 0) is 11.2 Å². The minimum atomic E-state index is -0.102. The molecule has 1 saturated heterocycles. The van der Waals surface area contributed by atoms with Gasteiger partial charge in [-0.1, -0.05) is 19.6 Å². The summed E-state index contributed by atoms with van der Waals surface area (Å²) < 4.78 is 1.85. The second-order valence-electron chi connectivity index (χ2n) is 9.12. The van der Waals surface area contributed by atoms with Gasteiger partial charge < -0.3 is 4.90 Å². The molecule has 0 radical (unpaired) electrons. The van der Waals surface area contributed by atoms with Gasteiger partial charge in [-0.25, -0.2) is 4.52 Å². The summed E-state index contributed by atoms with van der Waals surface area (Å²) >= 11 is 0. The van der Waals surface area contributed by atoms with Crippen molar-refractivity contribution in [2.24, 2.45) is 5.92 Å². The Morgan fingerprint density at radius 2 is 2.00 bits per heavy atom. The van der Waals surface area contributed by atoms with Crippen LogP contribution in [0.25, 0.3) is 11.6 Å². The Balaban J connectivity index is 1.30. The van der Waals surface area contributed by atoms with E-state index in [1.807, 2.05) is 36.0 Å². The van der Waals surface area contributed by atoms with E-state index in [-0.39, 0.29) is 5.91 Å². The molecule has 0 aromatic carbocycles. The molecule has 0 bridgehead atoms. The van der Waals surface area contributed by atoms with Gasteiger partial charge in [0.15, 0.2) is 0 Å². The minimum Gasteiger partial charge on any atom is -0.300 e. The first kappa shape index (κ1) is 20.9. The Kier molecular flexibility index (Phi) is 5.55. The van der Waals surface area contributed by atoms with Crippen molar-refractivity contribution in [3.05, 3.63) is 71.6 Å². The summed E-state index contributed by atoms with van der Waals surface area (Å²) in [5, 5.41) is 4.60. The van der Waals surface area contributed by atoms with E-state index in [1.165, 1.54) is 18.4 Å². The maximum Gasteiger partial charge on any atom is 0.255 e. The molecule has 2 aromatic rings. The molecule has 6 nitrogen and oxygen atoms in total. The van der Waals surface area contributed by atoms with Gasteiger partial charge >= 0.3 is 0 Å². The van der Waals surface area contributed by atoms with Gasteiger partial charge in [-0.3, -0.25) is 14.7 Å². The van der Waals surface area contributed by atoms with E-state index in [4.69, 9.17) is 0 Å². The highest BCUT2D eigenvalue weighted by molar-refractivity contribution is 5.94. The lowest BCUT2D eigenvalue weighted by atomic mass is 9.88. The third-order valence-corrected chi connectivity index (χ3v) is 6.76. The number of rotatable bonds is 5. The fourth-order valence-corrected chi connectivity index (χ4v) is 4.81. The van der Waals surface area contributed by atoms with Crippen molar-refractivity contribution in [1.82, 2.24) is 24.4 Å². The monoisotopic (exact) mass is 429 g/mol. The van der Waals surface area contributed by atoms with E-state index in [2.05, 4.69) is 34.6 Å². The van der Waals surface area contributed by atoms with Gasteiger partial charge in [0, 0.05) is 24.0 Å². The zero-order chi connectivity index (χ0) is 22.2. The van der Waals surface area contributed by atoms with Gasteiger partial charge in [0.2, 0.25) is 0 Å². The lowest BCUT2D eigenvalue weighted by Gasteiger charge is -2.34. The van der Waals surface area contributed by atoms with E-state index >= 15 is 0 Å². The van der Waals surface area contributed by atoms with Crippen molar-refractivity contribution >= 4 is 17.5 Å². The summed E-state index contributed by atoms with van der Waals surface area (Å²) in [7, 11) is 0. The number of carbonyl (C=O) groups excluding carboxylic acids is 1. The number of nitrogens with zero attached hydrogens (tertiary/aromatic N) is 5. The van der Waals surface area contributed by atoms with Crippen LogP contribution in [0, 0.1) is 12.8 Å². The highest BCUT2D eigenvalue weighted by atomic mass is 16.2. The zero-order valence-electron chi connectivity index (χ0n) is 19.0. The molecule has 0 N–H and O–H groups in total. The molecule has 0 unspecified atom stereocenters. The van der Waals surface area contributed by atoms with Crippen LogP contribution in [-0.4, -0.2) is 49.4 Å². The maximum absolute atomic E-state index is 13.0. The van der Waals surface area contributed by atoms with Crippen molar-refractivity contribution in [3.63, 3.8) is 0 Å². The van der Waals surface area contributed by atoms with Crippen LogP contribution in [0.2, 0.25) is 0 Å². The smallest absolute Gasteiger partial charge is 0.255 e. The second kappa shape index (κ2) is 8.51. The molecule has 2 aromatic heterocycles. The third kappa shape index (κ3) is 4.19. The number of carbonyl (C=O) groups is 1. The molecule has 1 aliphatic carbocycles. The number of fused-ring (bicyclic) bond motifs is 1. The molecule has 32 heavy (non-hydrogen) atoms. The predicted molar refractivity (Wildman–Crippen MR) is 127 cm³/mol. The van der Waals surface area contributed by atoms with E-state index in [9.17, 15) is 4.79 Å². The van der Waals surface area contributed by atoms with Crippen LogP contribution in [0.1, 0.15) is 49.7 Å². The number of likely N-dealkylation sites (tertiary alicyclic amines) is 1. The van der Waals surface area contributed by atoms with E-state index in [1.54, 1.807) is 17.1 Å². The summed E-state index contributed by atoms with van der Waals surface area (Å²) in [6, 6.07) is 2.82. The molecule has 1 amide bonds. The number of aromatic nitrogens is 3. The molecular formula is C26H31N5O. The lowest BCUT2D eigenvalue weighted by Crippen LogP contribution is -2.36. The van der Waals surface area contributed by atoms with Crippen molar-refractivity contribution < 1.29 is 4.79 Å². The lowest BCUT2D eigenvalue weighted by molar-refractivity contribution is -0.121. The highest BCUT2D eigenvalue weighted by Crippen LogP contribution is 2.34. The zero-order valence-corrected chi connectivity index (χ0v) is 19.0. The number of hydrogen-bond acceptors (Lipinski definition) is 4. The van der Waals surface area contributed by atoms with Crippen molar-refractivity contribution in [2.75, 3.05) is 13.1 Å². The molecule has 166 valence electrons. The molecule has 1 saturated carbocycles. The third-order valence-electron chi connectivity index (χ3n) is 6.76. The van der Waals surface area contributed by atoms with Crippen LogP contribution in [0.4, 0.5) is 0 Å². The van der Waals surface area contributed by atoms with E-state index < -0.39 is 0 Å². The number of hydrogen-bond donors (Lipinski definition) is 0. The maximum atomic E-state index is 13.0. The summed E-state index contributed by atoms with van der Waals surface area (Å²) in [5.74, 6) is 0.407. The Hall–Kier alpha value is -2.99. The number of allylic oxidation sites excluding steroid dienone is 3. The summed E-state index contributed by atoms with van der Waals surface area (Å²) in [6.07, 6.45) is 17.2. The SMILES string of the molecule is C=C1C=CC(C2CCN(C3CC3)CC2)=CN1C(=O)/C=C/c1cc2c(CC)nc(C)cn2n1. The average Bonchev–Trinajstić information content (AvgIpc) is 3.57. The number of aryl methyl sites for hydroxylation is 2. The first-order valence-electron chi connectivity index (χ1n) is 11.7. The van der Waals surface area contributed by atoms with Crippen molar-refractivity contribution in [1.29, 1.82) is 0 Å². The first-order chi connectivity index (χ1) is 15.5. The normalized spacial score (nSPS) is 20.5. The van der Waals surface area contributed by atoms with Crippen molar-refractivity contribution in [2.45, 2.75) is 52.0 Å².